The monoisotopic (exact) mass is 319 g/mol. The van der Waals surface area contributed by atoms with Crippen LogP contribution in [0.5, 0.6) is 0 Å². The zero-order valence-corrected chi connectivity index (χ0v) is 12.8. The molecule has 8 heteroatoms. The summed E-state index contributed by atoms with van der Waals surface area (Å²) < 4.78 is 5.39. The minimum Gasteiger partial charge on any atom is -0.375 e. The van der Waals surface area contributed by atoms with Gasteiger partial charge in [0.05, 0.1) is 30.0 Å². The van der Waals surface area contributed by atoms with E-state index in [1.807, 2.05) is 6.20 Å². The number of fused-ring (bicyclic) bond motifs is 2. The van der Waals surface area contributed by atoms with Crippen LogP contribution < -0.4 is 10.6 Å². The summed E-state index contributed by atoms with van der Waals surface area (Å²) in [6.07, 6.45) is 5.33. The Bertz CT molecular complexity index is 672. The van der Waals surface area contributed by atoms with Crippen LogP contribution in [0.1, 0.15) is 28.2 Å². The number of nitrogens with one attached hydrogen (secondary N) is 3. The minimum atomic E-state index is -0.191. The molecule has 7 nitrogen and oxygen atoms in total. The number of H-pyrrole nitrogens is 1. The van der Waals surface area contributed by atoms with Crippen molar-refractivity contribution >= 4 is 22.5 Å². The number of aromatic nitrogens is 3. The van der Waals surface area contributed by atoms with Crippen LogP contribution >= 0.6 is 11.3 Å². The Morgan fingerprint density at radius 1 is 1.45 bits per heavy atom. The van der Waals surface area contributed by atoms with E-state index in [0.717, 1.165) is 36.3 Å². The zero-order valence-electron chi connectivity index (χ0n) is 12.0. The van der Waals surface area contributed by atoms with Crippen molar-refractivity contribution in [2.45, 2.75) is 38.3 Å². The molecule has 1 aliphatic carbocycles. The molecule has 2 aliphatic rings. The molecule has 0 spiro atoms. The Kier molecular flexibility index (Phi) is 3.55. The number of carbonyl (C=O) groups excluding carboxylic acids is 1. The number of hydrogen-bond acceptors (Lipinski definition) is 5. The molecule has 0 saturated carbocycles. The van der Waals surface area contributed by atoms with Crippen molar-refractivity contribution in [1.82, 2.24) is 20.5 Å². The van der Waals surface area contributed by atoms with Gasteiger partial charge in [-0.3, -0.25) is 10.4 Å². The fourth-order valence-corrected chi connectivity index (χ4v) is 3.88. The fraction of sp³-hybridized carbons (Fsp3) is 0.500. The summed E-state index contributed by atoms with van der Waals surface area (Å²) in [6, 6.07) is -0.0491. The van der Waals surface area contributed by atoms with Crippen LogP contribution in [0.4, 0.5) is 9.93 Å². The van der Waals surface area contributed by atoms with Crippen molar-refractivity contribution in [1.29, 1.82) is 0 Å². The number of aromatic amines is 1. The molecule has 0 bridgehead atoms. The largest absolute Gasteiger partial charge is 0.375 e. The SMILES string of the molecule is O=C(Nc1nc2c(s1)COCC2)N[C@@H]1CCc2[nH]ncc2C1. The molecule has 4 rings (SSSR count). The fourth-order valence-electron chi connectivity index (χ4n) is 2.94. The molecule has 116 valence electrons. The molecule has 3 N–H and O–H groups in total. The second kappa shape index (κ2) is 5.69. The maximum absolute atomic E-state index is 12.1. The number of thiazole rings is 1. The van der Waals surface area contributed by atoms with Crippen LogP contribution in [0.15, 0.2) is 6.20 Å². The van der Waals surface area contributed by atoms with Gasteiger partial charge in [0, 0.05) is 18.2 Å². The second-order valence-electron chi connectivity index (χ2n) is 5.60. The van der Waals surface area contributed by atoms with Gasteiger partial charge in [-0.15, -0.1) is 0 Å². The molecular weight excluding hydrogens is 302 g/mol. The van der Waals surface area contributed by atoms with E-state index >= 15 is 0 Å². The first-order chi connectivity index (χ1) is 10.8. The summed E-state index contributed by atoms with van der Waals surface area (Å²) in [4.78, 5) is 17.7. The lowest BCUT2D eigenvalue weighted by molar-refractivity contribution is 0.112. The van der Waals surface area contributed by atoms with E-state index < -0.39 is 0 Å². The highest BCUT2D eigenvalue weighted by Crippen LogP contribution is 2.27. The van der Waals surface area contributed by atoms with Gasteiger partial charge in [-0.2, -0.15) is 5.10 Å². The first-order valence-electron chi connectivity index (χ1n) is 7.43. The maximum atomic E-state index is 12.1. The van der Waals surface area contributed by atoms with Gasteiger partial charge in [-0.25, -0.2) is 9.78 Å². The summed E-state index contributed by atoms with van der Waals surface area (Å²) >= 11 is 1.49. The molecule has 1 aliphatic heterocycles. The topological polar surface area (TPSA) is 91.9 Å². The molecule has 2 aromatic rings. The average Bonchev–Trinajstić information content (AvgIpc) is 3.11. The smallest absolute Gasteiger partial charge is 0.321 e. The number of rotatable bonds is 2. The summed E-state index contributed by atoms with van der Waals surface area (Å²) in [5.41, 5.74) is 3.43. The number of urea groups is 1. The van der Waals surface area contributed by atoms with E-state index in [0.29, 0.717) is 18.3 Å². The number of anilines is 1. The van der Waals surface area contributed by atoms with E-state index in [2.05, 4.69) is 25.8 Å². The average molecular weight is 319 g/mol. The Balaban J connectivity index is 1.36. The highest BCUT2D eigenvalue weighted by atomic mass is 32.1. The predicted molar refractivity (Wildman–Crippen MR) is 82.0 cm³/mol. The lowest BCUT2D eigenvalue weighted by atomic mass is 9.94. The predicted octanol–water partition coefficient (Wildman–Crippen LogP) is 1.62. The maximum Gasteiger partial charge on any atom is 0.321 e. The number of amides is 2. The van der Waals surface area contributed by atoms with Crippen LogP contribution in [0.3, 0.4) is 0 Å². The van der Waals surface area contributed by atoms with Crippen molar-refractivity contribution in [3.63, 3.8) is 0 Å². The van der Waals surface area contributed by atoms with Crippen molar-refractivity contribution in [3.8, 4) is 0 Å². The van der Waals surface area contributed by atoms with Crippen molar-refractivity contribution < 1.29 is 9.53 Å². The van der Waals surface area contributed by atoms with Crippen LogP contribution in [0.25, 0.3) is 0 Å². The molecule has 2 amide bonds. The van der Waals surface area contributed by atoms with Gasteiger partial charge in [0.25, 0.3) is 0 Å². The summed E-state index contributed by atoms with van der Waals surface area (Å²) in [5.74, 6) is 0. The number of nitrogens with zero attached hydrogens (tertiary/aromatic N) is 2. The van der Waals surface area contributed by atoms with Crippen LogP contribution in [0, 0.1) is 0 Å². The highest BCUT2D eigenvalue weighted by Gasteiger charge is 2.22. The van der Waals surface area contributed by atoms with Gasteiger partial charge in [0.2, 0.25) is 0 Å². The number of hydrogen-bond donors (Lipinski definition) is 3. The van der Waals surface area contributed by atoms with E-state index in [1.165, 1.54) is 22.6 Å². The molecule has 0 fully saturated rings. The third-order valence-corrected chi connectivity index (χ3v) is 5.05. The standard InChI is InChI=1S/C14H17N5O2S/c20-13(16-9-1-2-10-8(5-9)6-15-19-10)18-14-17-11-3-4-21-7-12(11)22-14/h6,9H,1-5,7H2,(H,15,19)(H2,16,17,18,20)/t9-/m1/s1. The van der Waals surface area contributed by atoms with Crippen molar-refractivity contribution in [3.05, 3.63) is 28.0 Å². The van der Waals surface area contributed by atoms with E-state index in [-0.39, 0.29) is 12.1 Å². The molecular formula is C14H17N5O2S. The normalized spacial score (nSPS) is 20.1. The van der Waals surface area contributed by atoms with Crippen molar-refractivity contribution in [2.24, 2.45) is 0 Å². The lowest BCUT2D eigenvalue weighted by Gasteiger charge is -2.22. The van der Waals surface area contributed by atoms with Crippen LogP contribution in [-0.4, -0.2) is 33.9 Å². The molecule has 0 aromatic carbocycles. The Labute approximate surface area is 131 Å². The van der Waals surface area contributed by atoms with Crippen LogP contribution in [-0.2, 0) is 30.6 Å². The summed E-state index contributed by atoms with van der Waals surface area (Å²) in [6.45, 7) is 1.31. The Hall–Kier alpha value is -1.93. The lowest BCUT2D eigenvalue weighted by Crippen LogP contribution is -2.41. The van der Waals surface area contributed by atoms with Crippen LogP contribution in [0.2, 0.25) is 0 Å². The summed E-state index contributed by atoms with van der Waals surface area (Å²) in [5, 5.41) is 13.6. The van der Waals surface area contributed by atoms with Gasteiger partial charge >= 0.3 is 6.03 Å². The second-order valence-corrected chi connectivity index (χ2v) is 6.69. The zero-order chi connectivity index (χ0) is 14.9. The molecule has 2 aromatic heterocycles. The van der Waals surface area contributed by atoms with E-state index in [9.17, 15) is 4.79 Å². The highest BCUT2D eigenvalue weighted by molar-refractivity contribution is 7.15. The van der Waals surface area contributed by atoms with E-state index in [1.54, 1.807) is 0 Å². The van der Waals surface area contributed by atoms with Gasteiger partial charge in [-0.1, -0.05) is 11.3 Å². The molecule has 0 radical (unpaired) electrons. The quantitative estimate of drug-likeness (QED) is 0.784. The van der Waals surface area contributed by atoms with Gasteiger partial charge in [-0.05, 0) is 24.8 Å². The molecule has 3 heterocycles. The van der Waals surface area contributed by atoms with Crippen molar-refractivity contribution in [2.75, 3.05) is 11.9 Å². The first kappa shape index (κ1) is 13.7. The van der Waals surface area contributed by atoms with E-state index in [4.69, 9.17) is 4.74 Å². The molecule has 0 unspecified atom stereocenters. The summed E-state index contributed by atoms with van der Waals surface area (Å²) in [7, 11) is 0. The van der Waals surface area contributed by atoms with Gasteiger partial charge in [0.1, 0.15) is 0 Å². The Morgan fingerprint density at radius 3 is 3.32 bits per heavy atom. The minimum absolute atomic E-state index is 0.142. The molecule has 0 saturated heterocycles. The third-order valence-electron chi connectivity index (χ3n) is 4.07. The number of aryl methyl sites for hydroxylation is 1. The van der Waals surface area contributed by atoms with Gasteiger partial charge in [0.15, 0.2) is 5.13 Å². The molecule has 22 heavy (non-hydrogen) atoms. The molecule has 1 atom stereocenters. The third kappa shape index (κ3) is 2.71. The first-order valence-corrected chi connectivity index (χ1v) is 8.24. The Morgan fingerprint density at radius 2 is 2.41 bits per heavy atom. The number of ether oxygens (including phenoxy) is 1. The number of carbonyl (C=O) groups is 1. The van der Waals surface area contributed by atoms with Gasteiger partial charge < -0.3 is 10.1 Å².